The Labute approximate surface area is 76.3 Å². The fourth-order valence-electron chi connectivity index (χ4n) is 1.04. The average molecular weight is 183 g/mol. The summed E-state index contributed by atoms with van der Waals surface area (Å²) in [5.41, 5.74) is 6.55. The second-order valence-electron chi connectivity index (χ2n) is 2.83. The van der Waals surface area contributed by atoms with Gasteiger partial charge < -0.3 is 5.73 Å². The smallest absolute Gasteiger partial charge is 0.105 e. The maximum atomic E-state index is 7.09. The first-order valence-corrected chi connectivity index (χ1v) is 4.65. The fourth-order valence-corrected chi connectivity index (χ4v) is 1.70. The zero-order valence-electron chi connectivity index (χ0n) is 7.08. The lowest BCUT2D eigenvalue weighted by atomic mass is 10.3. The largest absolute Gasteiger partial charge is 0.387 e. The molecule has 1 aromatic rings. The summed E-state index contributed by atoms with van der Waals surface area (Å²) < 4.78 is 0. The second-order valence-corrected chi connectivity index (χ2v) is 3.61. The Morgan fingerprint density at radius 1 is 1.75 bits per heavy atom. The number of rotatable bonds is 4. The van der Waals surface area contributed by atoms with Crippen LogP contribution in [0.3, 0.4) is 0 Å². The number of hydrogen-bond donors (Lipinski definition) is 2. The number of hydrogen-bond acceptors (Lipinski definition) is 3. The molecule has 0 saturated carbocycles. The van der Waals surface area contributed by atoms with E-state index in [1.807, 2.05) is 11.9 Å². The van der Waals surface area contributed by atoms with Crippen LogP contribution in [-0.4, -0.2) is 24.3 Å². The van der Waals surface area contributed by atoms with Crippen LogP contribution >= 0.6 is 11.3 Å². The molecule has 0 aliphatic rings. The van der Waals surface area contributed by atoms with E-state index in [1.165, 1.54) is 5.56 Å². The van der Waals surface area contributed by atoms with Gasteiger partial charge in [-0.2, -0.15) is 11.3 Å². The molecule has 0 spiro atoms. The summed E-state index contributed by atoms with van der Waals surface area (Å²) in [6.45, 7) is 1.40. The molecule has 3 nitrogen and oxygen atoms in total. The summed E-state index contributed by atoms with van der Waals surface area (Å²) in [6.07, 6.45) is 0. The van der Waals surface area contributed by atoms with Crippen LogP contribution in [0, 0.1) is 5.41 Å². The van der Waals surface area contributed by atoms with Crippen LogP contribution in [0.5, 0.6) is 0 Å². The maximum Gasteiger partial charge on any atom is 0.105 e. The minimum atomic E-state index is 0.215. The molecule has 1 aromatic heterocycles. The number of nitrogens with one attached hydrogen (secondary N) is 1. The van der Waals surface area contributed by atoms with Gasteiger partial charge in [0.2, 0.25) is 0 Å². The average Bonchev–Trinajstić information content (AvgIpc) is 2.37. The molecule has 3 N–H and O–H groups in total. The van der Waals surface area contributed by atoms with Crippen molar-refractivity contribution in [1.29, 1.82) is 5.41 Å². The SMILES string of the molecule is CN(CC(=N)N)Cc1ccsc1. The van der Waals surface area contributed by atoms with E-state index in [2.05, 4.69) is 16.8 Å². The van der Waals surface area contributed by atoms with Gasteiger partial charge in [0.25, 0.3) is 0 Å². The van der Waals surface area contributed by atoms with Gasteiger partial charge >= 0.3 is 0 Å². The topological polar surface area (TPSA) is 53.1 Å². The summed E-state index contributed by atoms with van der Waals surface area (Å²) >= 11 is 1.69. The van der Waals surface area contributed by atoms with Crippen molar-refractivity contribution in [2.45, 2.75) is 6.54 Å². The van der Waals surface area contributed by atoms with Crippen LogP contribution in [0.25, 0.3) is 0 Å². The van der Waals surface area contributed by atoms with E-state index in [-0.39, 0.29) is 5.84 Å². The molecule has 0 fully saturated rings. The van der Waals surface area contributed by atoms with Crippen molar-refractivity contribution >= 4 is 17.2 Å². The van der Waals surface area contributed by atoms with E-state index in [4.69, 9.17) is 11.1 Å². The molecule has 4 heteroatoms. The minimum Gasteiger partial charge on any atom is -0.387 e. The molecule has 0 saturated heterocycles. The van der Waals surface area contributed by atoms with Gasteiger partial charge in [-0.3, -0.25) is 10.3 Å². The quantitative estimate of drug-likeness (QED) is 0.543. The first kappa shape index (κ1) is 9.22. The molecule has 0 radical (unpaired) electrons. The van der Waals surface area contributed by atoms with Gasteiger partial charge in [-0.1, -0.05) is 0 Å². The highest BCUT2D eigenvalue weighted by molar-refractivity contribution is 7.07. The molecule has 0 aromatic carbocycles. The number of nitrogens with zero attached hydrogens (tertiary/aromatic N) is 1. The number of amidine groups is 1. The molecule has 12 heavy (non-hydrogen) atoms. The predicted octanol–water partition coefficient (Wildman–Crippen LogP) is 1.12. The molecule has 0 amide bonds. The molecule has 0 unspecified atom stereocenters. The first-order valence-electron chi connectivity index (χ1n) is 3.71. The Kier molecular flexibility index (Phi) is 3.25. The number of thiophene rings is 1. The van der Waals surface area contributed by atoms with E-state index in [0.717, 1.165) is 6.54 Å². The van der Waals surface area contributed by atoms with Crippen LogP contribution in [-0.2, 0) is 6.54 Å². The van der Waals surface area contributed by atoms with Crippen LogP contribution in [0.4, 0.5) is 0 Å². The highest BCUT2D eigenvalue weighted by Gasteiger charge is 2.00. The lowest BCUT2D eigenvalue weighted by molar-refractivity contribution is 0.373. The molecule has 1 heterocycles. The molecule has 0 bridgehead atoms. The molecule has 1 rings (SSSR count). The van der Waals surface area contributed by atoms with Gasteiger partial charge in [0.1, 0.15) is 5.84 Å². The lowest BCUT2D eigenvalue weighted by Gasteiger charge is -2.13. The van der Waals surface area contributed by atoms with Crippen LogP contribution < -0.4 is 5.73 Å². The third kappa shape index (κ3) is 3.02. The van der Waals surface area contributed by atoms with Crippen molar-refractivity contribution in [2.24, 2.45) is 5.73 Å². The molecule has 66 valence electrons. The molecular formula is C8H13N3S. The summed E-state index contributed by atoms with van der Waals surface area (Å²) in [5.74, 6) is 0.215. The van der Waals surface area contributed by atoms with Crippen molar-refractivity contribution in [3.8, 4) is 0 Å². The monoisotopic (exact) mass is 183 g/mol. The van der Waals surface area contributed by atoms with Gasteiger partial charge in [0.15, 0.2) is 0 Å². The first-order chi connectivity index (χ1) is 5.68. The lowest BCUT2D eigenvalue weighted by Crippen LogP contribution is -2.29. The molecule has 0 aliphatic carbocycles. The maximum absolute atomic E-state index is 7.09. The van der Waals surface area contributed by atoms with Crippen molar-refractivity contribution in [3.05, 3.63) is 22.4 Å². The van der Waals surface area contributed by atoms with Gasteiger partial charge in [0.05, 0.1) is 6.54 Å². The number of likely N-dealkylation sites (N-methyl/N-ethyl adjacent to an activating group) is 1. The third-order valence-electron chi connectivity index (χ3n) is 1.47. The summed E-state index contributed by atoms with van der Waals surface area (Å²) in [6, 6.07) is 2.08. The summed E-state index contributed by atoms with van der Waals surface area (Å²) in [7, 11) is 1.96. The Morgan fingerprint density at radius 3 is 3.00 bits per heavy atom. The van der Waals surface area contributed by atoms with Crippen molar-refractivity contribution in [1.82, 2.24) is 4.90 Å². The molecular weight excluding hydrogens is 170 g/mol. The van der Waals surface area contributed by atoms with Crippen LogP contribution in [0.1, 0.15) is 5.56 Å². The second kappa shape index (κ2) is 4.23. The third-order valence-corrected chi connectivity index (χ3v) is 2.20. The number of nitrogens with two attached hydrogens (primary N) is 1. The van der Waals surface area contributed by atoms with Crippen molar-refractivity contribution in [2.75, 3.05) is 13.6 Å². The van der Waals surface area contributed by atoms with Crippen molar-refractivity contribution < 1.29 is 0 Å². The van der Waals surface area contributed by atoms with E-state index in [9.17, 15) is 0 Å². The van der Waals surface area contributed by atoms with Crippen LogP contribution in [0.15, 0.2) is 16.8 Å². The highest BCUT2D eigenvalue weighted by atomic mass is 32.1. The summed E-state index contributed by atoms with van der Waals surface area (Å²) in [5, 5.41) is 11.3. The van der Waals surface area contributed by atoms with E-state index in [1.54, 1.807) is 11.3 Å². The van der Waals surface area contributed by atoms with E-state index in [0.29, 0.717) is 6.54 Å². The molecule has 0 aliphatic heterocycles. The highest BCUT2D eigenvalue weighted by Crippen LogP contribution is 2.07. The standard InChI is InChI=1S/C8H13N3S/c1-11(5-8(9)10)4-7-2-3-12-6-7/h2-3,6H,4-5H2,1H3,(H3,9,10). The fraction of sp³-hybridized carbons (Fsp3) is 0.375. The Bertz CT molecular complexity index is 243. The van der Waals surface area contributed by atoms with Gasteiger partial charge in [-0.05, 0) is 29.4 Å². The Morgan fingerprint density at radius 2 is 2.50 bits per heavy atom. The van der Waals surface area contributed by atoms with Crippen molar-refractivity contribution in [3.63, 3.8) is 0 Å². The zero-order chi connectivity index (χ0) is 8.97. The minimum absolute atomic E-state index is 0.215. The Balaban J connectivity index is 2.36. The van der Waals surface area contributed by atoms with Gasteiger partial charge in [-0.15, -0.1) is 0 Å². The molecule has 0 atom stereocenters. The van der Waals surface area contributed by atoms with E-state index >= 15 is 0 Å². The Hall–Kier alpha value is -0.870. The normalized spacial score (nSPS) is 10.5. The predicted molar refractivity (Wildman–Crippen MR) is 52.6 cm³/mol. The van der Waals surface area contributed by atoms with Gasteiger partial charge in [-0.25, -0.2) is 0 Å². The van der Waals surface area contributed by atoms with E-state index < -0.39 is 0 Å². The van der Waals surface area contributed by atoms with Crippen LogP contribution in [0.2, 0.25) is 0 Å². The zero-order valence-corrected chi connectivity index (χ0v) is 7.90. The van der Waals surface area contributed by atoms with Gasteiger partial charge in [0, 0.05) is 6.54 Å². The summed E-state index contributed by atoms with van der Waals surface area (Å²) in [4.78, 5) is 2.02.